The number of hydrogen-bond donors (Lipinski definition) is 4. The Labute approximate surface area is 115 Å². The van der Waals surface area contributed by atoms with E-state index in [-0.39, 0.29) is 5.69 Å². The maximum atomic E-state index is 12.9. The average Bonchev–Trinajstić information content (AvgIpc) is 2.18. The fourth-order valence-corrected chi connectivity index (χ4v) is 1.48. The molecule has 6 N–H and O–H groups in total. The second-order valence-electron chi connectivity index (χ2n) is 4.83. The first kappa shape index (κ1) is 17.5. The van der Waals surface area contributed by atoms with Crippen LogP contribution in [0.1, 0.15) is 20.8 Å². The van der Waals surface area contributed by atoms with Crippen molar-refractivity contribution in [2.45, 2.75) is 26.3 Å². The normalized spacial score (nSPS) is 10.2. The Hall–Kier alpha value is -2.51. The number of carboxylic acid groups (broad SMARTS) is 2. The molecule has 0 atom stereocenters. The second-order valence-corrected chi connectivity index (χ2v) is 4.83. The minimum atomic E-state index is -1.33. The van der Waals surface area contributed by atoms with Crippen LogP contribution >= 0.6 is 0 Å². The van der Waals surface area contributed by atoms with Crippen molar-refractivity contribution < 1.29 is 24.2 Å². The molecule has 0 bridgehead atoms. The summed E-state index contributed by atoms with van der Waals surface area (Å²) in [7, 11) is 0. The Morgan fingerprint density at radius 3 is 2.00 bits per heavy atom. The van der Waals surface area contributed by atoms with Crippen molar-refractivity contribution >= 4 is 23.6 Å². The van der Waals surface area contributed by atoms with Gasteiger partial charge in [-0.1, -0.05) is 0 Å². The molecule has 20 heavy (non-hydrogen) atoms. The van der Waals surface area contributed by atoms with Crippen LogP contribution in [0.5, 0.6) is 0 Å². The first-order valence-electron chi connectivity index (χ1n) is 5.53. The van der Waals surface area contributed by atoms with Crippen LogP contribution < -0.4 is 16.4 Å². The Morgan fingerprint density at radius 1 is 1.25 bits per heavy atom. The highest BCUT2D eigenvalue weighted by Crippen LogP contribution is 2.29. The Balaban J connectivity index is 0.000000796. The smallest absolute Gasteiger partial charge is 0.412 e. The molecule has 1 aromatic rings. The van der Waals surface area contributed by atoms with E-state index in [1.165, 1.54) is 12.1 Å². The molecule has 0 unspecified atom stereocenters. The molecule has 112 valence electrons. The Morgan fingerprint density at radius 2 is 1.70 bits per heavy atom. The van der Waals surface area contributed by atoms with Crippen molar-refractivity contribution in [3.8, 4) is 0 Å². The minimum Gasteiger partial charge on any atom is -0.465 e. The average molecular weight is 287 g/mol. The number of carbonyl (C=O) groups is 2. The van der Waals surface area contributed by atoms with Crippen LogP contribution in [-0.2, 0) is 0 Å². The molecule has 0 saturated heterocycles. The van der Waals surface area contributed by atoms with Crippen molar-refractivity contribution in [2.75, 3.05) is 10.6 Å². The molecule has 0 aliphatic heterocycles. The summed E-state index contributed by atoms with van der Waals surface area (Å²) in [5.41, 5.74) is 9.40. The first-order valence-corrected chi connectivity index (χ1v) is 5.53. The van der Waals surface area contributed by atoms with E-state index in [2.05, 4.69) is 5.73 Å². The maximum Gasteiger partial charge on any atom is 0.412 e. The second kappa shape index (κ2) is 6.60. The van der Waals surface area contributed by atoms with E-state index < -0.39 is 23.5 Å². The third-order valence-corrected chi connectivity index (χ3v) is 2.09. The number of nitrogens with zero attached hydrogens (tertiary/aromatic N) is 1. The van der Waals surface area contributed by atoms with Crippen LogP contribution in [0.25, 0.3) is 0 Å². The standard InChI is InChI=1S/C11H15FN2O2.CH3NO2/c1-11(2,3)14(10(15)16)9-5-4-7(12)6-8(9)13;2-1(3)4/h4-6H,13H2,1-3H3,(H,15,16);2H2,(H,3,4). The molecule has 0 radical (unpaired) electrons. The summed E-state index contributed by atoms with van der Waals surface area (Å²) in [4.78, 5) is 21.1. The van der Waals surface area contributed by atoms with Gasteiger partial charge in [0.25, 0.3) is 0 Å². The third kappa shape index (κ3) is 5.42. The number of primary amides is 1. The summed E-state index contributed by atoms with van der Waals surface area (Å²) < 4.78 is 12.9. The van der Waals surface area contributed by atoms with Gasteiger partial charge in [0.1, 0.15) is 5.82 Å². The van der Waals surface area contributed by atoms with Crippen LogP contribution in [0.4, 0.5) is 25.4 Å². The predicted octanol–water partition coefficient (Wildman–Crippen LogP) is 2.31. The van der Waals surface area contributed by atoms with Crippen molar-refractivity contribution in [3.05, 3.63) is 24.0 Å². The van der Waals surface area contributed by atoms with Gasteiger partial charge in [0, 0.05) is 5.54 Å². The number of nitrogens with two attached hydrogens (primary N) is 2. The first-order chi connectivity index (χ1) is 8.96. The number of anilines is 2. The van der Waals surface area contributed by atoms with Crippen LogP contribution in [0.2, 0.25) is 0 Å². The minimum absolute atomic E-state index is 0.109. The monoisotopic (exact) mass is 287 g/mol. The summed E-state index contributed by atoms with van der Waals surface area (Å²) >= 11 is 0. The van der Waals surface area contributed by atoms with E-state index in [0.717, 1.165) is 11.0 Å². The molecule has 8 heteroatoms. The molecule has 0 aliphatic rings. The summed E-state index contributed by atoms with van der Waals surface area (Å²) in [6.45, 7) is 5.22. The van der Waals surface area contributed by atoms with Gasteiger partial charge in [-0.15, -0.1) is 0 Å². The molecule has 1 rings (SSSR count). The lowest BCUT2D eigenvalue weighted by atomic mass is 10.0. The highest BCUT2D eigenvalue weighted by Gasteiger charge is 2.29. The molecule has 0 aliphatic carbocycles. The molecule has 7 nitrogen and oxygen atoms in total. The van der Waals surface area contributed by atoms with Crippen LogP contribution in [0.15, 0.2) is 18.2 Å². The van der Waals surface area contributed by atoms with Gasteiger partial charge in [-0.05, 0) is 39.0 Å². The fourth-order valence-electron chi connectivity index (χ4n) is 1.48. The lowest BCUT2D eigenvalue weighted by molar-refractivity contribution is 0.195. The molecule has 0 aromatic heterocycles. The number of rotatable bonds is 1. The summed E-state index contributed by atoms with van der Waals surface area (Å²) in [6, 6.07) is 3.66. The molecule has 1 aromatic carbocycles. The molecular weight excluding hydrogens is 269 g/mol. The Bertz CT molecular complexity index is 496. The molecule has 0 spiro atoms. The molecule has 0 fully saturated rings. The van der Waals surface area contributed by atoms with Crippen molar-refractivity contribution in [2.24, 2.45) is 5.73 Å². The zero-order chi connectivity index (χ0) is 16.1. The van der Waals surface area contributed by atoms with Crippen LogP contribution in [0.3, 0.4) is 0 Å². The van der Waals surface area contributed by atoms with Gasteiger partial charge in [-0.25, -0.2) is 14.0 Å². The highest BCUT2D eigenvalue weighted by atomic mass is 19.1. The van der Waals surface area contributed by atoms with Gasteiger partial charge < -0.3 is 21.7 Å². The predicted molar refractivity (Wildman–Crippen MR) is 73.3 cm³/mol. The van der Waals surface area contributed by atoms with Crippen LogP contribution in [0, 0.1) is 5.82 Å². The topological polar surface area (TPSA) is 130 Å². The fraction of sp³-hybridized carbons (Fsp3) is 0.333. The van der Waals surface area contributed by atoms with Gasteiger partial charge in [0.15, 0.2) is 0 Å². The lowest BCUT2D eigenvalue weighted by Crippen LogP contribution is -2.45. The van der Waals surface area contributed by atoms with E-state index in [4.69, 9.17) is 20.7 Å². The maximum absolute atomic E-state index is 12.9. The zero-order valence-corrected chi connectivity index (χ0v) is 11.4. The van der Waals surface area contributed by atoms with Gasteiger partial charge in [0.05, 0.1) is 11.4 Å². The van der Waals surface area contributed by atoms with Crippen LogP contribution in [-0.4, -0.2) is 27.9 Å². The summed E-state index contributed by atoms with van der Waals surface area (Å²) in [6.07, 6.45) is -2.45. The van der Waals surface area contributed by atoms with Gasteiger partial charge in [-0.2, -0.15) is 0 Å². The SMILES string of the molecule is CC(C)(C)N(C(=O)O)c1ccc(F)cc1N.NC(=O)O. The molecule has 0 heterocycles. The van der Waals surface area contributed by atoms with E-state index in [0.29, 0.717) is 5.69 Å². The lowest BCUT2D eigenvalue weighted by Gasteiger charge is -2.33. The number of benzene rings is 1. The molecule has 2 amide bonds. The van der Waals surface area contributed by atoms with Gasteiger partial charge in [0.2, 0.25) is 0 Å². The number of halogens is 1. The molecular formula is C12H18FN3O4. The number of amides is 2. The van der Waals surface area contributed by atoms with Crippen molar-refractivity contribution in [1.29, 1.82) is 0 Å². The van der Waals surface area contributed by atoms with E-state index in [1.807, 2.05) is 0 Å². The highest BCUT2D eigenvalue weighted by molar-refractivity contribution is 5.91. The van der Waals surface area contributed by atoms with E-state index in [1.54, 1.807) is 20.8 Å². The van der Waals surface area contributed by atoms with Crippen molar-refractivity contribution in [3.63, 3.8) is 0 Å². The van der Waals surface area contributed by atoms with E-state index in [9.17, 15) is 9.18 Å². The number of nitrogen functional groups attached to an aromatic ring is 1. The zero-order valence-electron chi connectivity index (χ0n) is 11.4. The van der Waals surface area contributed by atoms with Gasteiger partial charge in [-0.3, -0.25) is 4.90 Å². The Kier molecular flexibility index (Phi) is 5.77. The van der Waals surface area contributed by atoms with E-state index >= 15 is 0 Å². The summed E-state index contributed by atoms with van der Waals surface area (Å²) in [5, 5.41) is 16.3. The summed E-state index contributed by atoms with van der Waals surface area (Å²) in [5.74, 6) is -0.486. The number of hydrogen-bond acceptors (Lipinski definition) is 3. The third-order valence-electron chi connectivity index (χ3n) is 2.09. The van der Waals surface area contributed by atoms with Crippen molar-refractivity contribution in [1.82, 2.24) is 0 Å². The molecule has 0 saturated carbocycles. The largest absolute Gasteiger partial charge is 0.465 e. The quantitative estimate of drug-likeness (QED) is 0.589. The van der Waals surface area contributed by atoms with Gasteiger partial charge >= 0.3 is 12.2 Å².